The van der Waals surface area contributed by atoms with Gasteiger partial charge in [0, 0.05) is 6.92 Å². The number of amidine groups is 1. The fraction of sp³-hybridized carbons (Fsp3) is 0.278. The number of benzene rings is 1. The van der Waals surface area contributed by atoms with Crippen molar-refractivity contribution >= 4 is 51.3 Å². The summed E-state index contributed by atoms with van der Waals surface area (Å²) in [6.45, 7) is 7.40. The molecule has 0 fully saturated rings. The molecule has 0 saturated carbocycles. The van der Waals surface area contributed by atoms with Gasteiger partial charge < -0.3 is 11.2 Å². The van der Waals surface area contributed by atoms with E-state index in [1.165, 1.54) is 23.3 Å². The highest BCUT2D eigenvalue weighted by Crippen LogP contribution is 2.27. The predicted octanol–water partition coefficient (Wildman–Crippen LogP) is 3.16. The van der Waals surface area contributed by atoms with Crippen LogP contribution in [0.2, 0.25) is 0 Å². The number of thioether (sulfide) groups is 1. The quantitative estimate of drug-likeness (QED) is 0.231. The van der Waals surface area contributed by atoms with Crippen LogP contribution in [-0.4, -0.2) is 22.6 Å². The Bertz CT molecular complexity index is 869. The van der Waals surface area contributed by atoms with Crippen LogP contribution < -0.4 is 22.0 Å². The van der Waals surface area contributed by atoms with Crippen LogP contribution in [0.4, 0.5) is 11.4 Å². The summed E-state index contributed by atoms with van der Waals surface area (Å²) in [5.41, 5.74) is 4.43. The van der Waals surface area contributed by atoms with Crippen molar-refractivity contribution < 1.29 is 9.59 Å². The fourth-order valence-corrected chi connectivity index (χ4v) is 4.20. The Labute approximate surface area is 166 Å². The fourth-order valence-electron chi connectivity index (χ4n) is 2.81. The van der Waals surface area contributed by atoms with Gasteiger partial charge in [0.1, 0.15) is 0 Å². The first-order valence-corrected chi connectivity index (χ1v) is 10.0. The minimum Gasteiger partial charge on any atom is -0.324 e. The average Bonchev–Trinajstić information content (AvgIpc) is 3.02. The van der Waals surface area contributed by atoms with Crippen molar-refractivity contribution in [2.24, 2.45) is 16.8 Å². The largest absolute Gasteiger partial charge is 0.324 e. The Hall–Kier alpha value is -2.36. The van der Waals surface area contributed by atoms with Crippen molar-refractivity contribution in [3.05, 3.63) is 45.1 Å². The number of carbonyl (C=O) groups is 2. The summed E-state index contributed by atoms with van der Waals surface area (Å²) >= 11 is 2.41. The zero-order chi connectivity index (χ0) is 20.1. The Kier molecular flexibility index (Phi) is 7.00. The second kappa shape index (κ2) is 9.03. The summed E-state index contributed by atoms with van der Waals surface area (Å²) in [7, 11) is 0. The van der Waals surface area contributed by atoms with Crippen LogP contribution in [0.15, 0.2) is 28.7 Å². The molecule has 9 heteroatoms. The van der Waals surface area contributed by atoms with Crippen molar-refractivity contribution in [2.75, 3.05) is 16.1 Å². The first kappa shape index (κ1) is 20.9. The maximum absolute atomic E-state index is 12.2. The summed E-state index contributed by atoms with van der Waals surface area (Å²) < 4.78 is 0. The molecule has 2 rings (SSSR count). The van der Waals surface area contributed by atoms with E-state index < -0.39 is 0 Å². The topological polar surface area (TPSA) is 114 Å². The summed E-state index contributed by atoms with van der Waals surface area (Å²) in [6.07, 6.45) is 0. The average molecular weight is 406 g/mol. The van der Waals surface area contributed by atoms with Crippen LogP contribution in [0.1, 0.15) is 33.3 Å². The Morgan fingerprint density at radius 3 is 2.44 bits per heavy atom. The van der Waals surface area contributed by atoms with E-state index in [0.717, 1.165) is 34.1 Å². The number of ketones is 1. The van der Waals surface area contributed by atoms with Crippen molar-refractivity contribution in [1.29, 1.82) is 0 Å². The molecule has 0 saturated heterocycles. The van der Waals surface area contributed by atoms with Gasteiger partial charge in [0.05, 0.1) is 22.0 Å². The maximum Gasteiger partial charge on any atom is 0.234 e. The molecule has 144 valence electrons. The molecule has 0 aliphatic carbocycles. The number of amides is 1. The summed E-state index contributed by atoms with van der Waals surface area (Å²) in [4.78, 5) is 24.3. The molecule has 2 aromatic rings. The Balaban J connectivity index is 2.06. The van der Waals surface area contributed by atoms with Crippen LogP contribution in [-0.2, 0) is 4.79 Å². The summed E-state index contributed by atoms with van der Waals surface area (Å²) in [6, 6.07) is 5.75. The number of hydrogen-bond acceptors (Lipinski definition) is 7. The highest BCUT2D eigenvalue weighted by Gasteiger charge is 2.18. The monoisotopic (exact) mass is 405 g/mol. The van der Waals surface area contributed by atoms with Crippen molar-refractivity contribution in [3.63, 3.8) is 0 Å². The number of carbonyl (C=O) groups excluding carboxylic acids is 2. The van der Waals surface area contributed by atoms with Gasteiger partial charge in [0.15, 0.2) is 5.78 Å². The first-order chi connectivity index (χ1) is 12.7. The molecule has 7 nitrogen and oxygen atoms in total. The molecular weight excluding hydrogens is 382 g/mol. The van der Waals surface area contributed by atoms with Crippen molar-refractivity contribution in [3.8, 4) is 0 Å². The third kappa shape index (κ3) is 5.09. The number of aryl methyl sites for hydroxylation is 3. The van der Waals surface area contributed by atoms with E-state index in [1.54, 1.807) is 11.4 Å². The minimum atomic E-state index is -0.271. The minimum absolute atomic E-state index is 0.0564. The molecule has 0 aliphatic rings. The highest BCUT2D eigenvalue weighted by molar-refractivity contribution is 8.14. The van der Waals surface area contributed by atoms with Crippen molar-refractivity contribution in [1.82, 2.24) is 0 Å². The van der Waals surface area contributed by atoms with Crippen LogP contribution in [0, 0.1) is 20.8 Å². The zero-order valence-corrected chi connectivity index (χ0v) is 17.3. The number of hydrogen-bond donors (Lipinski definition) is 3. The van der Waals surface area contributed by atoms with Gasteiger partial charge in [0.2, 0.25) is 11.1 Å². The zero-order valence-electron chi connectivity index (χ0n) is 15.7. The highest BCUT2D eigenvalue weighted by atomic mass is 32.2. The maximum atomic E-state index is 12.2. The molecular formula is C18H23N5O2S2. The molecule has 0 atom stereocenters. The lowest BCUT2D eigenvalue weighted by molar-refractivity contribution is -0.113. The van der Waals surface area contributed by atoms with Gasteiger partial charge in [-0.3, -0.25) is 14.6 Å². The van der Waals surface area contributed by atoms with E-state index in [0.29, 0.717) is 15.7 Å². The standard InChI is InChI=1S/C18H23N5O2S2/c1-10-7-11(2)16(12(3)8-10)23(20)18(22-19)27-9-15(25)21-14-5-6-26-17(14)13(4)24/h5-8H,9,19-20H2,1-4H3,(H,21,25)/b22-18+. The number of hydrazine groups is 1. The lowest BCUT2D eigenvalue weighted by atomic mass is 10.1. The van der Waals surface area contributed by atoms with Crippen LogP contribution >= 0.6 is 23.1 Å². The van der Waals surface area contributed by atoms with E-state index in [1.807, 2.05) is 32.9 Å². The van der Waals surface area contributed by atoms with Gasteiger partial charge in [-0.25, -0.2) is 5.84 Å². The normalized spacial score (nSPS) is 11.4. The molecule has 0 aliphatic heterocycles. The third-order valence-corrected chi connectivity index (χ3v) is 5.77. The van der Waals surface area contributed by atoms with Crippen LogP contribution in [0.3, 0.4) is 0 Å². The molecule has 5 N–H and O–H groups in total. The predicted molar refractivity (Wildman–Crippen MR) is 114 cm³/mol. The molecule has 1 heterocycles. The number of hydrazone groups is 1. The van der Waals surface area contributed by atoms with Gasteiger partial charge in [0.25, 0.3) is 0 Å². The SMILES string of the molecule is CC(=O)c1sccc1NC(=O)CS/C(=N/N)N(N)c1c(C)cc(C)cc1C. The van der Waals surface area contributed by atoms with Crippen LogP contribution in [0.25, 0.3) is 0 Å². The van der Waals surface area contributed by atoms with Gasteiger partial charge in [-0.1, -0.05) is 29.5 Å². The van der Waals surface area contributed by atoms with Gasteiger partial charge in [-0.05, 0) is 43.3 Å². The van der Waals surface area contributed by atoms with Gasteiger partial charge >= 0.3 is 0 Å². The molecule has 27 heavy (non-hydrogen) atoms. The molecule has 0 bridgehead atoms. The molecule has 0 spiro atoms. The van der Waals surface area contributed by atoms with E-state index in [-0.39, 0.29) is 17.4 Å². The number of anilines is 2. The molecule has 0 radical (unpaired) electrons. The lowest BCUT2D eigenvalue weighted by Crippen LogP contribution is -2.38. The molecule has 1 amide bonds. The third-order valence-electron chi connectivity index (χ3n) is 3.78. The van der Waals surface area contributed by atoms with Crippen molar-refractivity contribution in [2.45, 2.75) is 27.7 Å². The Morgan fingerprint density at radius 2 is 1.89 bits per heavy atom. The number of nitrogens with one attached hydrogen (secondary N) is 1. The number of nitrogens with two attached hydrogens (primary N) is 2. The van der Waals surface area contributed by atoms with E-state index in [4.69, 9.17) is 11.7 Å². The second-order valence-electron chi connectivity index (χ2n) is 6.09. The smallest absolute Gasteiger partial charge is 0.234 e. The number of nitrogens with zero attached hydrogens (tertiary/aromatic N) is 2. The van der Waals surface area contributed by atoms with E-state index >= 15 is 0 Å². The van der Waals surface area contributed by atoms with Gasteiger partial charge in [-0.15, -0.1) is 11.3 Å². The summed E-state index contributed by atoms with van der Waals surface area (Å²) in [5.74, 6) is 11.4. The Morgan fingerprint density at radius 1 is 1.26 bits per heavy atom. The van der Waals surface area contributed by atoms with Gasteiger partial charge in [-0.2, -0.15) is 5.10 Å². The summed E-state index contributed by atoms with van der Waals surface area (Å²) in [5, 5.41) is 9.94. The number of rotatable bonds is 5. The van der Waals surface area contributed by atoms with E-state index in [9.17, 15) is 9.59 Å². The molecule has 1 aromatic heterocycles. The number of Topliss-reactive ketones (excluding diaryl/α,β-unsaturated/α-hetero) is 1. The van der Waals surface area contributed by atoms with Crippen LogP contribution in [0.5, 0.6) is 0 Å². The van der Waals surface area contributed by atoms with E-state index in [2.05, 4.69) is 10.4 Å². The first-order valence-electron chi connectivity index (χ1n) is 8.16. The molecule has 1 aromatic carbocycles. The second-order valence-corrected chi connectivity index (χ2v) is 7.94. The molecule has 0 unspecified atom stereocenters. The number of thiophene rings is 1. The lowest BCUT2D eigenvalue weighted by Gasteiger charge is -2.23.